The van der Waals surface area contributed by atoms with Crippen LogP contribution in [0.5, 0.6) is 0 Å². The smallest absolute Gasteiger partial charge is 0.344 e. The quantitative estimate of drug-likeness (QED) is 0.381. The molecule has 1 saturated carbocycles. The molecule has 1 atom stereocenters. The lowest BCUT2D eigenvalue weighted by Crippen LogP contribution is -2.47. The number of nitrogens with one attached hydrogen (secondary N) is 3. The van der Waals surface area contributed by atoms with E-state index in [1.165, 1.54) is 19.1 Å². The molecule has 2 fully saturated rings. The molecule has 30 heavy (non-hydrogen) atoms. The third-order valence-electron chi connectivity index (χ3n) is 5.15. The number of anilines is 1. The molecule has 1 aliphatic carbocycles. The maximum absolute atomic E-state index is 12.9. The summed E-state index contributed by atoms with van der Waals surface area (Å²) in [7, 11) is 0. The molecule has 4 amide bonds. The van der Waals surface area contributed by atoms with Crippen molar-refractivity contribution in [1.82, 2.24) is 15.8 Å². The number of carbonyl (C=O) groups excluding carboxylic acids is 3. The molecule has 3 N–H and O–H groups in total. The Bertz CT molecular complexity index is 1050. The van der Waals surface area contributed by atoms with Gasteiger partial charge in [0.1, 0.15) is 11.2 Å². The van der Waals surface area contributed by atoms with E-state index >= 15 is 0 Å². The highest BCUT2D eigenvalue weighted by atomic mass is 16.6. The Morgan fingerprint density at radius 2 is 1.90 bits per heavy atom. The molecule has 2 aliphatic rings. The van der Waals surface area contributed by atoms with Crippen molar-refractivity contribution in [2.45, 2.75) is 31.3 Å². The van der Waals surface area contributed by atoms with E-state index in [0.29, 0.717) is 16.3 Å². The first-order valence-electron chi connectivity index (χ1n) is 9.38. The van der Waals surface area contributed by atoms with E-state index in [4.69, 9.17) is 0 Å². The minimum absolute atomic E-state index is 0.0445. The number of nitro groups is 1. The molecule has 1 unspecified atom stereocenters. The number of rotatable bonds is 6. The Morgan fingerprint density at radius 3 is 2.53 bits per heavy atom. The molecule has 0 aromatic heterocycles. The van der Waals surface area contributed by atoms with E-state index in [9.17, 15) is 24.5 Å². The zero-order chi connectivity index (χ0) is 21.5. The Hall–Kier alpha value is -3.95. The van der Waals surface area contributed by atoms with Gasteiger partial charge in [0.05, 0.1) is 4.92 Å². The summed E-state index contributed by atoms with van der Waals surface area (Å²) >= 11 is 0. The molecule has 0 radical (unpaired) electrons. The number of hydrogen-bond donors (Lipinski definition) is 3. The molecular formula is C20H19N5O5. The van der Waals surface area contributed by atoms with E-state index in [1.807, 2.05) is 0 Å². The molecule has 2 aromatic carbocycles. The van der Waals surface area contributed by atoms with Crippen molar-refractivity contribution >= 4 is 29.2 Å². The largest absolute Gasteiger partial charge is 0.377 e. The average Bonchev–Trinajstić information content (AvgIpc) is 3.52. The summed E-state index contributed by atoms with van der Waals surface area (Å²) < 4.78 is 0. The van der Waals surface area contributed by atoms with Gasteiger partial charge in [-0.1, -0.05) is 30.3 Å². The maximum atomic E-state index is 12.9. The van der Waals surface area contributed by atoms with E-state index in [2.05, 4.69) is 16.1 Å². The first-order chi connectivity index (χ1) is 14.3. The Kier molecular flexibility index (Phi) is 4.61. The summed E-state index contributed by atoms with van der Waals surface area (Å²) in [5.74, 6) is -1.47. The number of amides is 4. The van der Waals surface area contributed by atoms with Gasteiger partial charge in [0.15, 0.2) is 0 Å². The van der Waals surface area contributed by atoms with Gasteiger partial charge >= 0.3 is 6.03 Å². The highest BCUT2D eigenvalue weighted by molar-refractivity contribution is 6.09. The number of hydrogen-bond acceptors (Lipinski definition) is 6. The molecule has 10 nitrogen and oxygen atoms in total. The third-order valence-corrected chi connectivity index (χ3v) is 5.15. The molecule has 1 saturated heterocycles. The van der Waals surface area contributed by atoms with Crippen molar-refractivity contribution in [2.75, 3.05) is 5.32 Å². The first kappa shape index (κ1) is 19.4. The number of benzene rings is 2. The summed E-state index contributed by atoms with van der Waals surface area (Å²) in [6.07, 6.45) is 1.87. The van der Waals surface area contributed by atoms with Gasteiger partial charge in [-0.25, -0.2) is 4.79 Å². The summed E-state index contributed by atoms with van der Waals surface area (Å²) in [6.45, 7) is 1.54. The lowest BCUT2D eigenvalue weighted by molar-refractivity contribution is -0.384. The molecule has 0 spiro atoms. The van der Waals surface area contributed by atoms with Gasteiger partial charge in [-0.15, -0.1) is 0 Å². The minimum Gasteiger partial charge on any atom is -0.377 e. The Labute approximate surface area is 171 Å². The van der Waals surface area contributed by atoms with Crippen LogP contribution >= 0.6 is 0 Å². The number of nitrogens with zero attached hydrogens (tertiary/aromatic N) is 2. The van der Waals surface area contributed by atoms with Gasteiger partial charge in [-0.3, -0.25) is 25.1 Å². The molecule has 10 heteroatoms. The number of imide groups is 1. The Morgan fingerprint density at radius 1 is 1.20 bits per heavy atom. The summed E-state index contributed by atoms with van der Waals surface area (Å²) in [5, 5.41) is 17.6. The highest BCUT2D eigenvalue weighted by Gasteiger charge is 2.50. The molecule has 4 rings (SSSR count). The van der Waals surface area contributed by atoms with Crippen LogP contribution in [0.25, 0.3) is 0 Å². The minimum atomic E-state index is -1.34. The maximum Gasteiger partial charge on any atom is 0.344 e. The predicted molar refractivity (Wildman–Crippen MR) is 106 cm³/mol. The van der Waals surface area contributed by atoms with Crippen molar-refractivity contribution in [3.63, 3.8) is 0 Å². The monoisotopic (exact) mass is 409 g/mol. The summed E-state index contributed by atoms with van der Waals surface area (Å²) in [6, 6.07) is 12.0. The zero-order valence-electron chi connectivity index (χ0n) is 16.0. The lowest BCUT2D eigenvalue weighted by Gasteiger charge is -2.22. The second kappa shape index (κ2) is 7.14. The molecule has 0 bridgehead atoms. The van der Waals surface area contributed by atoms with Crippen molar-refractivity contribution in [1.29, 1.82) is 0 Å². The fraction of sp³-hybridized carbons (Fsp3) is 0.250. The van der Waals surface area contributed by atoms with Gasteiger partial charge < -0.3 is 10.6 Å². The van der Waals surface area contributed by atoms with Crippen LogP contribution in [0.2, 0.25) is 0 Å². The second-order valence-corrected chi connectivity index (χ2v) is 7.41. The van der Waals surface area contributed by atoms with Crippen molar-refractivity contribution in [3.8, 4) is 0 Å². The third kappa shape index (κ3) is 3.43. The molecular weight excluding hydrogens is 390 g/mol. The second-order valence-electron chi connectivity index (χ2n) is 7.41. The van der Waals surface area contributed by atoms with Crippen LogP contribution in [0.4, 0.5) is 16.2 Å². The zero-order valence-corrected chi connectivity index (χ0v) is 16.0. The first-order valence-corrected chi connectivity index (χ1v) is 9.38. The molecule has 1 aliphatic heterocycles. The van der Waals surface area contributed by atoms with Gasteiger partial charge in [-0.05, 0) is 37.5 Å². The average molecular weight is 409 g/mol. The van der Waals surface area contributed by atoms with Gasteiger partial charge in [0.2, 0.25) is 0 Å². The molecule has 2 aromatic rings. The van der Waals surface area contributed by atoms with E-state index in [1.54, 1.807) is 30.3 Å². The number of carbonyl (C=O) groups is 3. The van der Waals surface area contributed by atoms with Crippen LogP contribution in [-0.4, -0.2) is 33.8 Å². The fourth-order valence-electron chi connectivity index (χ4n) is 3.27. The lowest BCUT2D eigenvalue weighted by atomic mass is 9.92. The van der Waals surface area contributed by atoms with Crippen LogP contribution in [0.1, 0.15) is 35.7 Å². The van der Waals surface area contributed by atoms with Crippen LogP contribution in [-0.2, 0) is 10.3 Å². The summed E-state index contributed by atoms with van der Waals surface area (Å²) in [4.78, 5) is 48.7. The van der Waals surface area contributed by atoms with Gasteiger partial charge in [-0.2, -0.15) is 5.01 Å². The van der Waals surface area contributed by atoms with E-state index in [-0.39, 0.29) is 17.3 Å². The van der Waals surface area contributed by atoms with E-state index < -0.39 is 28.3 Å². The standard InChI is InChI=1S/C20H19N5O5/c1-20(13-5-3-2-4-6-13)18(27)24(19(28)22-20)23-17(26)12-7-10-15(21-14-8-9-14)16(11-12)25(29)30/h2-7,10-11,14,21H,8-9H2,1H3,(H,22,28)(H,23,26). The van der Waals surface area contributed by atoms with Gasteiger partial charge in [0, 0.05) is 17.7 Å². The van der Waals surface area contributed by atoms with Gasteiger partial charge in [0.25, 0.3) is 17.5 Å². The predicted octanol–water partition coefficient (Wildman–Crippen LogP) is 2.28. The number of hydrazine groups is 1. The topological polar surface area (TPSA) is 134 Å². The van der Waals surface area contributed by atoms with Crippen molar-refractivity contribution in [3.05, 3.63) is 69.8 Å². The molecule has 1 heterocycles. The number of nitro benzene ring substituents is 1. The van der Waals surface area contributed by atoms with Crippen LogP contribution in [0.3, 0.4) is 0 Å². The Balaban J connectivity index is 1.55. The summed E-state index contributed by atoms with van der Waals surface area (Å²) in [5.41, 5.74) is 1.50. The van der Waals surface area contributed by atoms with E-state index in [0.717, 1.165) is 18.9 Å². The van der Waals surface area contributed by atoms with Crippen LogP contribution in [0, 0.1) is 10.1 Å². The molecule has 154 valence electrons. The van der Waals surface area contributed by atoms with Crippen LogP contribution in [0.15, 0.2) is 48.5 Å². The van der Waals surface area contributed by atoms with Crippen molar-refractivity contribution in [2.24, 2.45) is 0 Å². The number of urea groups is 1. The van der Waals surface area contributed by atoms with Crippen molar-refractivity contribution < 1.29 is 19.3 Å². The SMILES string of the molecule is CC1(c2ccccc2)NC(=O)N(NC(=O)c2ccc(NC3CC3)c([N+](=O)[O-])c2)C1=O. The normalized spacial score (nSPS) is 20.6. The van der Waals surface area contributed by atoms with Crippen LogP contribution < -0.4 is 16.1 Å². The fourth-order valence-corrected chi connectivity index (χ4v) is 3.27. The highest BCUT2D eigenvalue weighted by Crippen LogP contribution is 2.32.